The second-order valence-electron chi connectivity index (χ2n) is 8.10. The van der Waals surface area contributed by atoms with Gasteiger partial charge in [-0.2, -0.15) is 0 Å². The van der Waals surface area contributed by atoms with Crippen molar-refractivity contribution < 1.29 is 28.5 Å². The van der Waals surface area contributed by atoms with E-state index in [4.69, 9.17) is 18.9 Å². The van der Waals surface area contributed by atoms with E-state index < -0.39 is 5.41 Å². The molecular formula is C22H29NO6. The minimum atomic E-state index is -0.390. The normalized spacial score (nSPS) is 30.5. The molecule has 0 bridgehead atoms. The summed E-state index contributed by atoms with van der Waals surface area (Å²) in [5.74, 6) is -0.360. The van der Waals surface area contributed by atoms with Gasteiger partial charge in [-0.05, 0) is 31.7 Å². The topological polar surface area (TPSA) is 74.3 Å². The largest absolute Gasteiger partial charge is 0.466 e. The molecule has 0 aromatic heterocycles. The lowest BCUT2D eigenvalue weighted by atomic mass is 10.0. The molecule has 3 aliphatic rings. The molecule has 1 amide bonds. The Morgan fingerprint density at radius 3 is 2.76 bits per heavy atom. The molecule has 4 atom stereocenters. The van der Waals surface area contributed by atoms with E-state index in [9.17, 15) is 9.59 Å². The number of rotatable bonds is 7. The number of carbonyl (C=O) groups is 2. The minimum Gasteiger partial charge on any atom is -0.466 e. The quantitative estimate of drug-likeness (QED) is 0.652. The predicted octanol–water partition coefficient (Wildman–Crippen LogP) is 2.98. The third-order valence-corrected chi connectivity index (χ3v) is 6.23. The zero-order valence-corrected chi connectivity index (χ0v) is 16.9. The molecule has 0 N–H and O–H groups in total. The van der Waals surface area contributed by atoms with Crippen molar-refractivity contribution in [3.05, 3.63) is 35.9 Å². The van der Waals surface area contributed by atoms with Crippen LogP contribution in [0.25, 0.3) is 0 Å². The van der Waals surface area contributed by atoms with Crippen LogP contribution in [0.5, 0.6) is 0 Å². The van der Waals surface area contributed by atoms with Crippen LogP contribution in [0, 0.1) is 17.3 Å². The Morgan fingerprint density at radius 1 is 1.21 bits per heavy atom. The average Bonchev–Trinajstić information content (AvgIpc) is 3.21. The summed E-state index contributed by atoms with van der Waals surface area (Å²) in [6.45, 7) is 4.44. The van der Waals surface area contributed by atoms with Gasteiger partial charge >= 0.3 is 12.1 Å². The molecule has 1 aromatic carbocycles. The van der Waals surface area contributed by atoms with E-state index >= 15 is 0 Å². The van der Waals surface area contributed by atoms with Gasteiger partial charge in [0.05, 0.1) is 19.1 Å². The molecule has 0 radical (unpaired) electrons. The third kappa shape index (κ3) is 4.26. The van der Waals surface area contributed by atoms with E-state index in [0.717, 1.165) is 24.8 Å². The number of fused-ring (bicyclic) bond motifs is 1. The van der Waals surface area contributed by atoms with E-state index in [1.54, 1.807) is 4.90 Å². The molecule has 158 valence electrons. The van der Waals surface area contributed by atoms with Gasteiger partial charge in [0.25, 0.3) is 0 Å². The molecule has 1 saturated carbocycles. The van der Waals surface area contributed by atoms with Crippen LogP contribution < -0.4 is 0 Å². The van der Waals surface area contributed by atoms with Gasteiger partial charge in [0.2, 0.25) is 0 Å². The van der Waals surface area contributed by atoms with Gasteiger partial charge in [0, 0.05) is 31.0 Å². The lowest BCUT2D eigenvalue weighted by Crippen LogP contribution is -2.37. The van der Waals surface area contributed by atoms with E-state index in [2.05, 4.69) is 0 Å². The van der Waals surface area contributed by atoms with Gasteiger partial charge < -0.3 is 23.8 Å². The summed E-state index contributed by atoms with van der Waals surface area (Å²) in [5.41, 5.74) is 0.556. The molecule has 1 aromatic rings. The maximum absolute atomic E-state index is 12.6. The third-order valence-electron chi connectivity index (χ3n) is 6.23. The Bertz CT molecular complexity index is 719. The first-order chi connectivity index (χ1) is 14.1. The van der Waals surface area contributed by atoms with Crippen molar-refractivity contribution in [3.8, 4) is 0 Å². The highest BCUT2D eigenvalue weighted by atomic mass is 16.7. The van der Waals surface area contributed by atoms with E-state index in [1.165, 1.54) is 0 Å². The maximum atomic E-state index is 12.6. The zero-order chi connectivity index (χ0) is 20.3. The van der Waals surface area contributed by atoms with Crippen LogP contribution in [-0.2, 0) is 30.3 Å². The number of nitrogens with zero attached hydrogens (tertiary/aromatic N) is 1. The lowest BCUT2D eigenvalue weighted by molar-refractivity contribution is -0.174. The molecule has 4 unspecified atom stereocenters. The number of likely N-dealkylation sites (tertiary alicyclic amines) is 1. The molecule has 2 aliphatic heterocycles. The van der Waals surface area contributed by atoms with Crippen molar-refractivity contribution in [2.75, 3.05) is 32.9 Å². The molecular weight excluding hydrogens is 374 g/mol. The summed E-state index contributed by atoms with van der Waals surface area (Å²) in [4.78, 5) is 26.7. The first-order valence-corrected chi connectivity index (χ1v) is 10.5. The zero-order valence-electron chi connectivity index (χ0n) is 16.9. The molecule has 0 spiro atoms. The van der Waals surface area contributed by atoms with Crippen molar-refractivity contribution in [2.24, 2.45) is 17.3 Å². The summed E-state index contributed by atoms with van der Waals surface area (Å²) in [6, 6.07) is 9.60. The molecule has 7 heteroatoms. The second kappa shape index (κ2) is 8.71. The summed E-state index contributed by atoms with van der Waals surface area (Å²) in [5, 5.41) is 0. The highest BCUT2D eigenvalue weighted by Crippen LogP contribution is 2.64. The Kier molecular flexibility index (Phi) is 6.06. The highest BCUT2D eigenvalue weighted by molar-refractivity contribution is 5.80. The molecule has 29 heavy (non-hydrogen) atoms. The van der Waals surface area contributed by atoms with Crippen LogP contribution in [0.4, 0.5) is 4.79 Å². The second-order valence-corrected chi connectivity index (χ2v) is 8.10. The standard InChI is InChI=1S/C22H29NO6/c1-2-26-20(24)19-17-12-23(21(25)28-13-16-8-4-3-5-9-16)14-22(17,19)15-29-18-10-6-7-11-27-18/h3-5,8-9,17-19H,2,6-7,10-15H2,1H3. The van der Waals surface area contributed by atoms with Gasteiger partial charge in [-0.25, -0.2) is 4.79 Å². The van der Waals surface area contributed by atoms with Crippen molar-refractivity contribution in [1.82, 2.24) is 4.90 Å². The number of ether oxygens (including phenoxy) is 4. The number of hydrogen-bond donors (Lipinski definition) is 0. The fourth-order valence-corrected chi connectivity index (χ4v) is 4.65. The fraction of sp³-hybridized carbons (Fsp3) is 0.636. The maximum Gasteiger partial charge on any atom is 0.410 e. The first-order valence-electron chi connectivity index (χ1n) is 10.5. The molecule has 2 heterocycles. The van der Waals surface area contributed by atoms with Crippen LogP contribution in [0.1, 0.15) is 31.7 Å². The Hall–Kier alpha value is -2.12. The first kappa shape index (κ1) is 20.2. The predicted molar refractivity (Wildman–Crippen MR) is 104 cm³/mol. The van der Waals surface area contributed by atoms with Gasteiger partial charge in [-0.3, -0.25) is 4.79 Å². The smallest absolute Gasteiger partial charge is 0.410 e. The molecule has 3 fully saturated rings. The molecule has 2 saturated heterocycles. The number of amides is 1. The molecule has 4 rings (SSSR count). The molecule has 7 nitrogen and oxygen atoms in total. The van der Waals surface area contributed by atoms with Gasteiger partial charge in [-0.15, -0.1) is 0 Å². The van der Waals surface area contributed by atoms with Gasteiger partial charge in [-0.1, -0.05) is 30.3 Å². The van der Waals surface area contributed by atoms with Crippen LogP contribution in [0.2, 0.25) is 0 Å². The van der Waals surface area contributed by atoms with Crippen molar-refractivity contribution >= 4 is 12.1 Å². The Labute approximate surface area is 171 Å². The van der Waals surface area contributed by atoms with E-state index in [-0.39, 0.29) is 36.8 Å². The van der Waals surface area contributed by atoms with Crippen LogP contribution in [0.15, 0.2) is 30.3 Å². The SMILES string of the molecule is CCOC(=O)C1C2CN(C(=O)OCc3ccccc3)CC21COC1CCCCO1. The summed E-state index contributed by atoms with van der Waals surface area (Å²) in [7, 11) is 0. The summed E-state index contributed by atoms with van der Waals surface area (Å²) < 4.78 is 22.4. The van der Waals surface area contributed by atoms with Crippen molar-refractivity contribution in [2.45, 2.75) is 39.1 Å². The number of benzene rings is 1. The minimum absolute atomic E-state index is 0.0504. The van der Waals surface area contributed by atoms with Crippen molar-refractivity contribution in [1.29, 1.82) is 0 Å². The highest BCUT2D eigenvalue weighted by Gasteiger charge is 2.73. The Morgan fingerprint density at radius 2 is 2.03 bits per heavy atom. The Balaban J connectivity index is 1.35. The van der Waals surface area contributed by atoms with Crippen molar-refractivity contribution in [3.63, 3.8) is 0 Å². The monoisotopic (exact) mass is 403 g/mol. The summed E-state index contributed by atoms with van der Waals surface area (Å²) in [6.07, 6.45) is 2.44. The van der Waals surface area contributed by atoms with E-state index in [1.807, 2.05) is 37.3 Å². The number of carbonyl (C=O) groups excluding carboxylic acids is 2. The fourth-order valence-electron chi connectivity index (χ4n) is 4.65. The van der Waals surface area contributed by atoms with Gasteiger partial charge in [0.15, 0.2) is 6.29 Å². The van der Waals surface area contributed by atoms with E-state index in [0.29, 0.717) is 32.9 Å². The number of esters is 1. The van der Waals surface area contributed by atoms with Crippen LogP contribution in [0.3, 0.4) is 0 Å². The summed E-state index contributed by atoms with van der Waals surface area (Å²) >= 11 is 0. The van der Waals surface area contributed by atoms with Crippen LogP contribution >= 0.6 is 0 Å². The number of hydrogen-bond acceptors (Lipinski definition) is 6. The lowest BCUT2D eigenvalue weighted by Gasteiger charge is -2.27. The average molecular weight is 403 g/mol. The molecule has 1 aliphatic carbocycles. The van der Waals surface area contributed by atoms with Crippen LogP contribution in [-0.4, -0.2) is 56.2 Å². The number of piperidine rings is 1. The van der Waals surface area contributed by atoms with Gasteiger partial charge in [0.1, 0.15) is 6.61 Å².